The van der Waals surface area contributed by atoms with Gasteiger partial charge in [0.25, 0.3) is 5.91 Å². The zero-order valence-corrected chi connectivity index (χ0v) is 20.7. The van der Waals surface area contributed by atoms with E-state index in [4.69, 9.17) is 0 Å². The van der Waals surface area contributed by atoms with Crippen molar-refractivity contribution in [2.24, 2.45) is 10.9 Å². The summed E-state index contributed by atoms with van der Waals surface area (Å²) in [6.45, 7) is 4.88. The molecule has 0 atom stereocenters. The first-order valence-electron chi connectivity index (χ1n) is 10.6. The number of hydrogen-bond acceptors (Lipinski definition) is 3. The molecule has 0 bridgehead atoms. The SMILES string of the molecule is CCNC(=NCCCNC(=O)C1CCC1)NCCc1cccc(C(=O)N(C)C)c1.I. The molecule has 1 fully saturated rings. The highest BCUT2D eigenvalue weighted by Gasteiger charge is 2.24. The summed E-state index contributed by atoms with van der Waals surface area (Å²) in [5.74, 6) is 1.22. The highest BCUT2D eigenvalue weighted by molar-refractivity contribution is 14.0. The Hall–Kier alpha value is -1.84. The Balaban J connectivity index is 0.00000450. The Kier molecular flexibility index (Phi) is 12.4. The van der Waals surface area contributed by atoms with Gasteiger partial charge in [-0.05, 0) is 50.3 Å². The van der Waals surface area contributed by atoms with E-state index >= 15 is 0 Å². The van der Waals surface area contributed by atoms with Gasteiger partial charge < -0.3 is 20.9 Å². The summed E-state index contributed by atoms with van der Waals surface area (Å²) < 4.78 is 0. The zero-order valence-electron chi connectivity index (χ0n) is 18.4. The molecule has 1 aromatic rings. The van der Waals surface area contributed by atoms with Gasteiger partial charge in [-0.3, -0.25) is 14.6 Å². The highest BCUT2D eigenvalue weighted by Crippen LogP contribution is 2.25. The monoisotopic (exact) mass is 529 g/mol. The smallest absolute Gasteiger partial charge is 0.253 e. The number of benzene rings is 1. The van der Waals surface area contributed by atoms with Crippen LogP contribution in [0.15, 0.2) is 29.3 Å². The molecule has 0 unspecified atom stereocenters. The Labute approximate surface area is 197 Å². The van der Waals surface area contributed by atoms with Gasteiger partial charge in [0.1, 0.15) is 0 Å². The number of aliphatic imine (C=N–C) groups is 1. The number of guanidine groups is 1. The Morgan fingerprint density at radius 3 is 2.53 bits per heavy atom. The van der Waals surface area contributed by atoms with E-state index in [1.54, 1.807) is 19.0 Å². The van der Waals surface area contributed by atoms with Gasteiger partial charge in [-0.25, -0.2) is 0 Å². The molecule has 0 aliphatic heterocycles. The number of nitrogens with zero attached hydrogens (tertiary/aromatic N) is 2. The third kappa shape index (κ3) is 8.89. The normalized spacial score (nSPS) is 13.6. The van der Waals surface area contributed by atoms with Gasteiger partial charge in [0, 0.05) is 51.8 Å². The Morgan fingerprint density at radius 2 is 1.90 bits per heavy atom. The van der Waals surface area contributed by atoms with E-state index in [1.165, 1.54) is 6.42 Å². The van der Waals surface area contributed by atoms with Gasteiger partial charge in [0.05, 0.1) is 0 Å². The minimum absolute atomic E-state index is 0. The third-order valence-corrected chi connectivity index (χ3v) is 5.01. The molecule has 1 saturated carbocycles. The minimum atomic E-state index is 0. The fourth-order valence-corrected chi connectivity index (χ4v) is 3.08. The second-order valence-corrected chi connectivity index (χ2v) is 7.61. The van der Waals surface area contributed by atoms with E-state index in [1.807, 2.05) is 31.2 Å². The summed E-state index contributed by atoms with van der Waals surface area (Å²) in [6, 6.07) is 7.74. The van der Waals surface area contributed by atoms with Gasteiger partial charge in [0.15, 0.2) is 5.96 Å². The molecule has 0 heterocycles. The Morgan fingerprint density at radius 1 is 1.13 bits per heavy atom. The average Bonchev–Trinajstić information content (AvgIpc) is 2.65. The van der Waals surface area contributed by atoms with E-state index in [-0.39, 0.29) is 41.7 Å². The van der Waals surface area contributed by atoms with Crippen LogP contribution in [-0.4, -0.2) is 62.9 Å². The lowest BCUT2D eigenvalue weighted by atomic mass is 9.85. The first kappa shape index (κ1) is 26.2. The quantitative estimate of drug-likeness (QED) is 0.188. The molecule has 0 spiro atoms. The van der Waals surface area contributed by atoms with Crippen LogP contribution in [0.4, 0.5) is 0 Å². The summed E-state index contributed by atoms with van der Waals surface area (Å²) in [5, 5.41) is 9.57. The number of nitrogens with one attached hydrogen (secondary N) is 3. The highest BCUT2D eigenvalue weighted by atomic mass is 127. The van der Waals surface area contributed by atoms with Crippen molar-refractivity contribution >= 4 is 41.8 Å². The maximum atomic E-state index is 12.1. The van der Waals surface area contributed by atoms with Gasteiger partial charge in [0.2, 0.25) is 5.91 Å². The van der Waals surface area contributed by atoms with Crippen LogP contribution in [0.5, 0.6) is 0 Å². The van der Waals surface area contributed by atoms with Gasteiger partial charge in [-0.15, -0.1) is 24.0 Å². The van der Waals surface area contributed by atoms with Crippen molar-refractivity contribution in [2.75, 3.05) is 40.3 Å². The maximum absolute atomic E-state index is 12.1. The average molecular weight is 529 g/mol. The second-order valence-electron chi connectivity index (χ2n) is 7.61. The summed E-state index contributed by atoms with van der Waals surface area (Å²) in [7, 11) is 3.52. The van der Waals surface area contributed by atoms with Crippen LogP contribution in [0.25, 0.3) is 0 Å². The largest absolute Gasteiger partial charge is 0.357 e. The molecule has 8 heteroatoms. The molecule has 2 amide bonds. The van der Waals surface area contributed by atoms with Crippen LogP contribution < -0.4 is 16.0 Å². The Bertz CT molecular complexity index is 705. The summed E-state index contributed by atoms with van der Waals surface area (Å²) in [6.07, 6.45) is 4.87. The number of rotatable bonds is 10. The van der Waals surface area contributed by atoms with Crippen molar-refractivity contribution in [3.05, 3.63) is 35.4 Å². The summed E-state index contributed by atoms with van der Waals surface area (Å²) >= 11 is 0. The molecule has 0 aromatic heterocycles. The van der Waals surface area contributed by atoms with E-state index in [0.717, 1.165) is 50.3 Å². The van der Waals surface area contributed by atoms with E-state index in [0.29, 0.717) is 18.7 Å². The van der Waals surface area contributed by atoms with Gasteiger partial charge in [-0.2, -0.15) is 0 Å². The van der Waals surface area contributed by atoms with E-state index in [2.05, 4.69) is 20.9 Å². The number of amides is 2. The van der Waals surface area contributed by atoms with Crippen LogP contribution in [0.2, 0.25) is 0 Å². The standard InChI is InChI=1S/C22H35N5O2.HI/c1-4-23-22(25-14-7-13-24-20(28)18-9-6-10-18)26-15-12-17-8-5-11-19(16-17)21(29)27(2)3;/h5,8,11,16,18H,4,6-7,9-10,12-15H2,1-3H3,(H,24,28)(H2,23,25,26);1H. The fraction of sp³-hybridized carbons (Fsp3) is 0.591. The molecule has 3 N–H and O–H groups in total. The molecule has 1 aromatic carbocycles. The van der Waals surface area contributed by atoms with Crippen LogP contribution in [-0.2, 0) is 11.2 Å². The van der Waals surface area contributed by atoms with Crippen molar-refractivity contribution in [1.29, 1.82) is 0 Å². The maximum Gasteiger partial charge on any atom is 0.253 e. The van der Waals surface area contributed by atoms with Crippen molar-refractivity contribution in [2.45, 2.75) is 39.0 Å². The minimum Gasteiger partial charge on any atom is -0.357 e. The van der Waals surface area contributed by atoms with Crippen LogP contribution in [0.3, 0.4) is 0 Å². The van der Waals surface area contributed by atoms with Gasteiger partial charge >= 0.3 is 0 Å². The summed E-state index contributed by atoms with van der Waals surface area (Å²) in [4.78, 5) is 30.1. The van der Waals surface area contributed by atoms with Crippen molar-refractivity contribution in [1.82, 2.24) is 20.9 Å². The lowest BCUT2D eigenvalue weighted by molar-refractivity contribution is -0.127. The second kappa shape index (κ2) is 14.2. The number of carbonyl (C=O) groups excluding carboxylic acids is 2. The molecule has 2 rings (SSSR count). The molecular formula is C22H36IN5O2. The van der Waals surface area contributed by atoms with Crippen molar-refractivity contribution < 1.29 is 9.59 Å². The predicted octanol–water partition coefficient (Wildman–Crippen LogP) is 2.41. The van der Waals surface area contributed by atoms with Crippen LogP contribution >= 0.6 is 24.0 Å². The predicted molar refractivity (Wildman–Crippen MR) is 133 cm³/mol. The third-order valence-electron chi connectivity index (χ3n) is 5.01. The first-order valence-corrected chi connectivity index (χ1v) is 10.6. The van der Waals surface area contributed by atoms with E-state index < -0.39 is 0 Å². The number of carbonyl (C=O) groups is 2. The molecule has 7 nitrogen and oxygen atoms in total. The molecule has 0 saturated heterocycles. The van der Waals surface area contributed by atoms with Crippen LogP contribution in [0.1, 0.15) is 48.5 Å². The zero-order chi connectivity index (χ0) is 21.1. The molecule has 30 heavy (non-hydrogen) atoms. The van der Waals surface area contributed by atoms with E-state index in [9.17, 15) is 9.59 Å². The number of halogens is 1. The lowest BCUT2D eigenvalue weighted by Gasteiger charge is -2.23. The molecular weight excluding hydrogens is 493 g/mol. The summed E-state index contributed by atoms with van der Waals surface area (Å²) in [5.41, 5.74) is 1.82. The molecule has 168 valence electrons. The first-order chi connectivity index (χ1) is 14.0. The van der Waals surface area contributed by atoms with Crippen molar-refractivity contribution in [3.63, 3.8) is 0 Å². The number of hydrogen-bond donors (Lipinski definition) is 3. The van der Waals surface area contributed by atoms with Crippen LogP contribution in [0, 0.1) is 5.92 Å². The van der Waals surface area contributed by atoms with Crippen molar-refractivity contribution in [3.8, 4) is 0 Å². The molecule has 0 radical (unpaired) electrons. The van der Waals surface area contributed by atoms with Gasteiger partial charge in [-0.1, -0.05) is 18.6 Å². The molecule has 1 aliphatic rings. The lowest BCUT2D eigenvalue weighted by Crippen LogP contribution is -2.38. The fourth-order valence-electron chi connectivity index (χ4n) is 3.08. The topological polar surface area (TPSA) is 85.8 Å². The molecule has 1 aliphatic carbocycles.